The Morgan fingerprint density at radius 3 is 2.56 bits per heavy atom. The summed E-state index contributed by atoms with van der Waals surface area (Å²) in [5, 5.41) is 2.86. The number of furan rings is 1. The molecule has 2 rings (SSSR count). The van der Waals surface area contributed by atoms with Crippen molar-refractivity contribution < 1.29 is 9.21 Å². The molecule has 0 spiro atoms. The Bertz CT molecular complexity index is 570. The topological polar surface area (TPSA) is 42.2 Å². The molecule has 18 heavy (non-hydrogen) atoms. The first-order valence-corrected chi connectivity index (χ1v) is 5.97. The predicted molar refractivity (Wildman–Crippen MR) is 70.5 cm³/mol. The minimum atomic E-state index is -0.178. The Morgan fingerprint density at radius 1 is 1.17 bits per heavy atom. The number of aryl methyl sites for hydroxylation is 3. The normalized spacial score (nSPS) is 10.4. The summed E-state index contributed by atoms with van der Waals surface area (Å²) in [4.78, 5) is 11.8. The fraction of sp³-hybridized carbons (Fsp3) is 0.267. The zero-order valence-corrected chi connectivity index (χ0v) is 10.9. The van der Waals surface area contributed by atoms with Crippen LogP contribution in [0.5, 0.6) is 0 Å². The molecule has 0 fully saturated rings. The Labute approximate surface area is 107 Å². The third-order valence-electron chi connectivity index (χ3n) is 2.90. The van der Waals surface area contributed by atoms with Crippen LogP contribution in [-0.4, -0.2) is 5.91 Å². The first-order valence-electron chi connectivity index (χ1n) is 5.97. The summed E-state index contributed by atoms with van der Waals surface area (Å²) in [5.74, 6) is 0.923. The summed E-state index contributed by atoms with van der Waals surface area (Å²) in [5.41, 5.74) is 3.53. The number of nitrogens with one attached hydrogen (secondary N) is 1. The van der Waals surface area contributed by atoms with Crippen molar-refractivity contribution in [3.63, 3.8) is 0 Å². The van der Waals surface area contributed by atoms with E-state index in [1.165, 1.54) is 11.1 Å². The fourth-order valence-electron chi connectivity index (χ4n) is 1.86. The van der Waals surface area contributed by atoms with Crippen LogP contribution in [-0.2, 0) is 6.54 Å². The van der Waals surface area contributed by atoms with Crippen LogP contribution < -0.4 is 5.32 Å². The molecule has 1 heterocycles. The van der Waals surface area contributed by atoms with Gasteiger partial charge in [-0.15, -0.1) is 0 Å². The van der Waals surface area contributed by atoms with Crippen molar-refractivity contribution in [2.45, 2.75) is 27.3 Å². The molecule has 0 saturated heterocycles. The molecule has 3 nitrogen and oxygen atoms in total. The maximum absolute atomic E-state index is 11.8. The maximum atomic E-state index is 11.8. The molecule has 94 valence electrons. The average Bonchev–Trinajstić information content (AvgIpc) is 2.74. The van der Waals surface area contributed by atoms with Crippen molar-refractivity contribution in [1.82, 2.24) is 5.32 Å². The van der Waals surface area contributed by atoms with Crippen LogP contribution in [0.15, 0.2) is 34.7 Å². The van der Waals surface area contributed by atoms with Gasteiger partial charge in [-0.2, -0.15) is 0 Å². The van der Waals surface area contributed by atoms with E-state index in [4.69, 9.17) is 4.42 Å². The molecule has 1 aromatic heterocycles. The van der Waals surface area contributed by atoms with Crippen molar-refractivity contribution in [3.8, 4) is 0 Å². The smallest absolute Gasteiger partial charge is 0.287 e. The summed E-state index contributed by atoms with van der Waals surface area (Å²) < 4.78 is 5.27. The van der Waals surface area contributed by atoms with E-state index in [0.29, 0.717) is 12.3 Å². The third kappa shape index (κ3) is 2.80. The molecule has 1 N–H and O–H groups in total. The van der Waals surface area contributed by atoms with Crippen LogP contribution in [0.3, 0.4) is 0 Å². The lowest BCUT2D eigenvalue weighted by Crippen LogP contribution is -2.22. The minimum Gasteiger partial charge on any atom is -0.456 e. The Balaban J connectivity index is 2.01. The average molecular weight is 243 g/mol. The summed E-state index contributed by atoms with van der Waals surface area (Å²) in [6, 6.07) is 9.67. The zero-order chi connectivity index (χ0) is 13.1. The van der Waals surface area contributed by atoms with Crippen LogP contribution in [0.1, 0.15) is 33.0 Å². The van der Waals surface area contributed by atoms with E-state index in [1.807, 2.05) is 26.0 Å². The first kappa shape index (κ1) is 12.4. The van der Waals surface area contributed by atoms with Crippen molar-refractivity contribution in [2.75, 3.05) is 0 Å². The van der Waals surface area contributed by atoms with Crippen molar-refractivity contribution in [2.24, 2.45) is 0 Å². The summed E-state index contributed by atoms with van der Waals surface area (Å²) in [6.07, 6.45) is 0. The summed E-state index contributed by atoms with van der Waals surface area (Å²) in [7, 11) is 0. The molecule has 1 aromatic carbocycles. The van der Waals surface area contributed by atoms with Gasteiger partial charge in [0.25, 0.3) is 5.91 Å². The molecule has 0 radical (unpaired) electrons. The number of carbonyl (C=O) groups is 1. The van der Waals surface area contributed by atoms with Crippen molar-refractivity contribution in [3.05, 3.63) is 58.5 Å². The Hall–Kier alpha value is -2.03. The van der Waals surface area contributed by atoms with Gasteiger partial charge in [0, 0.05) is 6.54 Å². The number of amides is 1. The number of rotatable bonds is 3. The van der Waals surface area contributed by atoms with Gasteiger partial charge in [0.15, 0.2) is 5.76 Å². The van der Waals surface area contributed by atoms with E-state index in [1.54, 1.807) is 12.1 Å². The molecule has 3 heteroatoms. The van der Waals surface area contributed by atoms with Gasteiger partial charge in [-0.1, -0.05) is 23.8 Å². The van der Waals surface area contributed by atoms with Gasteiger partial charge in [-0.05, 0) is 44.0 Å². The molecule has 0 saturated carbocycles. The quantitative estimate of drug-likeness (QED) is 0.899. The SMILES string of the molecule is Cc1ccc(CNC(=O)c2ccc(C)o2)c(C)c1. The van der Waals surface area contributed by atoms with E-state index < -0.39 is 0 Å². The highest BCUT2D eigenvalue weighted by atomic mass is 16.3. The van der Waals surface area contributed by atoms with Gasteiger partial charge in [0.2, 0.25) is 0 Å². The number of carbonyl (C=O) groups excluding carboxylic acids is 1. The van der Waals surface area contributed by atoms with Gasteiger partial charge in [-0.25, -0.2) is 0 Å². The van der Waals surface area contributed by atoms with Crippen LogP contribution in [0, 0.1) is 20.8 Å². The largest absolute Gasteiger partial charge is 0.456 e. The highest BCUT2D eigenvalue weighted by Crippen LogP contribution is 2.11. The molecule has 0 unspecified atom stereocenters. The van der Waals surface area contributed by atoms with Gasteiger partial charge in [-0.3, -0.25) is 4.79 Å². The van der Waals surface area contributed by atoms with E-state index in [0.717, 1.165) is 11.3 Å². The van der Waals surface area contributed by atoms with Crippen molar-refractivity contribution >= 4 is 5.91 Å². The lowest BCUT2D eigenvalue weighted by molar-refractivity contribution is 0.0922. The van der Waals surface area contributed by atoms with Gasteiger partial charge in [0.1, 0.15) is 5.76 Å². The zero-order valence-electron chi connectivity index (χ0n) is 10.9. The molecule has 0 aliphatic heterocycles. The molecular formula is C15H17NO2. The first-order chi connectivity index (χ1) is 8.56. The Kier molecular flexibility index (Phi) is 3.51. The fourth-order valence-corrected chi connectivity index (χ4v) is 1.86. The van der Waals surface area contributed by atoms with E-state index in [-0.39, 0.29) is 5.91 Å². The van der Waals surface area contributed by atoms with Crippen LogP contribution in [0.4, 0.5) is 0 Å². The number of benzene rings is 1. The van der Waals surface area contributed by atoms with Gasteiger partial charge in [0.05, 0.1) is 0 Å². The molecule has 1 amide bonds. The van der Waals surface area contributed by atoms with Crippen molar-refractivity contribution in [1.29, 1.82) is 0 Å². The van der Waals surface area contributed by atoms with Crippen LogP contribution >= 0.6 is 0 Å². The lowest BCUT2D eigenvalue weighted by Gasteiger charge is -2.07. The number of hydrogen-bond acceptors (Lipinski definition) is 2. The highest BCUT2D eigenvalue weighted by molar-refractivity contribution is 5.91. The molecule has 0 aliphatic rings. The van der Waals surface area contributed by atoms with E-state index in [2.05, 4.69) is 18.3 Å². The molecule has 0 aliphatic carbocycles. The highest BCUT2D eigenvalue weighted by Gasteiger charge is 2.09. The molecule has 2 aromatic rings. The molecular weight excluding hydrogens is 226 g/mol. The summed E-state index contributed by atoms with van der Waals surface area (Å²) in [6.45, 7) is 6.44. The second kappa shape index (κ2) is 5.08. The van der Waals surface area contributed by atoms with Gasteiger partial charge >= 0.3 is 0 Å². The second-order valence-electron chi connectivity index (χ2n) is 4.52. The van der Waals surface area contributed by atoms with Gasteiger partial charge < -0.3 is 9.73 Å². The molecule has 0 bridgehead atoms. The molecule has 0 atom stereocenters. The standard InChI is InChI=1S/C15H17NO2/c1-10-4-6-13(11(2)8-10)9-16-15(17)14-7-5-12(3)18-14/h4-8H,9H2,1-3H3,(H,16,17). The maximum Gasteiger partial charge on any atom is 0.287 e. The summed E-state index contributed by atoms with van der Waals surface area (Å²) >= 11 is 0. The second-order valence-corrected chi connectivity index (χ2v) is 4.52. The van der Waals surface area contributed by atoms with E-state index in [9.17, 15) is 4.79 Å². The predicted octanol–water partition coefficient (Wildman–Crippen LogP) is 3.13. The minimum absolute atomic E-state index is 0.178. The van der Waals surface area contributed by atoms with E-state index >= 15 is 0 Å². The van der Waals surface area contributed by atoms with Crippen LogP contribution in [0.2, 0.25) is 0 Å². The monoisotopic (exact) mass is 243 g/mol. The lowest BCUT2D eigenvalue weighted by atomic mass is 10.1. The Morgan fingerprint density at radius 2 is 1.94 bits per heavy atom. The third-order valence-corrected chi connectivity index (χ3v) is 2.90. The number of hydrogen-bond donors (Lipinski definition) is 1. The van der Waals surface area contributed by atoms with Crippen LogP contribution in [0.25, 0.3) is 0 Å².